The van der Waals surface area contributed by atoms with E-state index in [1.165, 1.54) is 36.7 Å². The molecule has 0 bridgehead atoms. The summed E-state index contributed by atoms with van der Waals surface area (Å²) < 4.78 is 16.0. The van der Waals surface area contributed by atoms with Gasteiger partial charge in [-0.3, -0.25) is 0 Å². The molecule has 0 aliphatic heterocycles. The van der Waals surface area contributed by atoms with Crippen LogP contribution in [0.15, 0.2) is 209 Å². The van der Waals surface area contributed by atoms with Crippen LogP contribution in [0.1, 0.15) is 0 Å². The molecule has 0 spiro atoms. The van der Waals surface area contributed by atoms with Gasteiger partial charge < -0.3 is 13.7 Å². The Hall–Kier alpha value is -7.66. The number of anilines is 3. The van der Waals surface area contributed by atoms with E-state index in [1.807, 2.05) is 11.3 Å². The highest BCUT2D eigenvalue weighted by Gasteiger charge is 2.22. The van der Waals surface area contributed by atoms with Crippen LogP contribution in [0, 0.1) is 0 Å². The zero-order chi connectivity index (χ0) is 39.3. The highest BCUT2D eigenvalue weighted by Crippen LogP contribution is 2.47. The normalized spacial score (nSPS) is 12.0. The second-order valence-corrected chi connectivity index (χ2v) is 16.7. The minimum absolute atomic E-state index is 0.857. The van der Waals surface area contributed by atoms with Crippen molar-refractivity contribution in [1.82, 2.24) is 0 Å². The number of hydrogen-bond donors (Lipinski definition) is 0. The third-order valence-electron chi connectivity index (χ3n) is 12.2. The van der Waals surface area contributed by atoms with Crippen LogP contribution >= 0.6 is 11.3 Å². The Morgan fingerprint density at radius 2 is 0.950 bits per heavy atom. The number of furan rings is 2. The van der Waals surface area contributed by atoms with Crippen molar-refractivity contribution in [2.45, 2.75) is 0 Å². The molecule has 280 valence electrons. The molecule has 0 amide bonds. The molecule has 0 atom stereocenters. The summed E-state index contributed by atoms with van der Waals surface area (Å²) in [6, 6.07) is 72.0. The van der Waals surface area contributed by atoms with Crippen molar-refractivity contribution in [2.24, 2.45) is 0 Å². The minimum atomic E-state index is 0.857. The molecule has 0 saturated heterocycles. The number of thiophene rings is 1. The predicted octanol–water partition coefficient (Wildman–Crippen LogP) is 17.0. The largest absolute Gasteiger partial charge is 0.455 e. The molecule has 3 aromatic heterocycles. The first-order valence-corrected chi connectivity index (χ1v) is 21.1. The van der Waals surface area contributed by atoms with Gasteiger partial charge in [0.15, 0.2) is 0 Å². The molecule has 0 radical (unpaired) electrons. The van der Waals surface area contributed by atoms with Gasteiger partial charge in [-0.25, -0.2) is 0 Å². The fraction of sp³-hybridized carbons (Fsp3) is 0. The summed E-state index contributed by atoms with van der Waals surface area (Å²) in [5, 5.41) is 11.6. The summed E-state index contributed by atoms with van der Waals surface area (Å²) in [6.07, 6.45) is 0. The maximum absolute atomic E-state index is 6.73. The van der Waals surface area contributed by atoms with Gasteiger partial charge in [0, 0.05) is 58.5 Å². The lowest BCUT2D eigenvalue weighted by Crippen LogP contribution is -2.10. The molecule has 13 aromatic rings. The topological polar surface area (TPSA) is 29.5 Å². The SMILES string of the molecule is c1cc(-c2cccc3oc4c5ccccc5ccc4c23)cc(N(c2ccc(-c3ccc4c(c3)sc3ccccc34)cc2)c2cccc3oc4c5ccccc5ccc4c23)c1. The maximum Gasteiger partial charge on any atom is 0.143 e. The van der Waals surface area contributed by atoms with Gasteiger partial charge >= 0.3 is 0 Å². The predicted molar refractivity (Wildman–Crippen MR) is 254 cm³/mol. The van der Waals surface area contributed by atoms with Crippen LogP contribution in [0.25, 0.3) is 108 Å². The van der Waals surface area contributed by atoms with Gasteiger partial charge in [-0.05, 0) is 99.8 Å². The Kier molecular flexibility index (Phi) is 7.18. The van der Waals surface area contributed by atoms with Crippen LogP contribution in [0.5, 0.6) is 0 Å². The average molecular weight is 784 g/mol. The van der Waals surface area contributed by atoms with Gasteiger partial charge in [0.2, 0.25) is 0 Å². The highest BCUT2D eigenvalue weighted by atomic mass is 32.1. The first kappa shape index (κ1) is 33.3. The second kappa shape index (κ2) is 12.9. The number of nitrogens with zero attached hydrogens (tertiary/aromatic N) is 1. The Balaban J connectivity index is 1.00. The Labute approximate surface area is 348 Å². The number of benzene rings is 10. The van der Waals surface area contributed by atoms with Crippen LogP contribution in [-0.2, 0) is 0 Å². The minimum Gasteiger partial charge on any atom is -0.455 e. The van der Waals surface area contributed by atoms with Gasteiger partial charge in [-0.15, -0.1) is 11.3 Å². The third kappa shape index (κ3) is 5.01. The molecule has 0 unspecified atom stereocenters. The van der Waals surface area contributed by atoms with E-state index in [4.69, 9.17) is 8.83 Å². The Morgan fingerprint density at radius 1 is 0.350 bits per heavy atom. The van der Waals surface area contributed by atoms with Gasteiger partial charge in [0.05, 0.1) is 11.1 Å². The monoisotopic (exact) mass is 783 g/mol. The Bertz CT molecular complexity index is 3850. The summed E-state index contributed by atoms with van der Waals surface area (Å²) in [5.74, 6) is 0. The molecular formula is C56H33NO2S. The van der Waals surface area contributed by atoms with E-state index < -0.39 is 0 Å². The van der Waals surface area contributed by atoms with Gasteiger partial charge in [0.1, 0.15) is 22.3 Å². The lowest BCUT2D eigenvalue weighted by molar-refractivity contribution is 0.672. The molecule has 0 aliphatic rings. The fourth-order valence-corrected chi connectivity index (χ4v) is 10.6. The first-order valence-electron chi connectivity index (χ1n) is 20.3. The van der Waals surface area contributed by atoms with Gasteiger partial charge in [-0.2, -0.15) is 0 Å². The van der Waals surface area contributed by atoms with Gasteiger partial charge in [-0.1, -0.05) is 133 Å². The summed E-state index contributed by atoms with van der Waals surface area (Å²) >= 11 is 1.85. The fourth-order valence-electron chi connectivity index (χ4n) is 9.46. The number of fused-ring (bicyclic) bond motifs is 13. The molecule has 0 aliphatic carbocycles. The highest BCUT2D eigenvalue weighted by molar-refractivity contribution is 7.25. The van der Waals surface area contributed by atoms with E-state index in [1.54, 1.807) is 0 Å². The molecule has 0 fully saturated rings. The molecular weight excluding hydrogens is 751 g/mol. The molecule has 4 heteroatoms. The average Bonchev–Trinajstić information content (AvgIpc) is 4.01. The maximum atomic E-state index is 6.73. The van der Waals surface area contributed by atoms with Crippen molar-refractivity contribution in [3.05, 3.63) is 200 Å². The van der Waals surface area contributed by atoms with Crippen LogP contribution in [0.2, 0.25) is 0 Å². The summed E-state index contributed by atoms with van der Waals surface area (Å²) in [7, 11) is 0. The van der Waals surface area contributed by atoms with E-state index in [-0.39, 0.29) is 0 Å². The summed E-state index contributed by atoms with van der Waals surface area (Å²) in [6.45, 7) is 0. The molecule has 0 saturated carbocycles. The van der Waals surface area contributed by atoms with Crippen LogP contribution < -0.4 is 4.90 Å². The van der Waals surface area contributed by atoms with Crippen LogP contribution in [0.4, 0.5) is 17.1 Å². The van der Waals surface area contributed by atoms with Crippen LogP contribution in [-0.4, -0.2) is 0 Å². The van der Waals surface area contributed by atoms with Crippen molar-refractivity contribution in [2.75, 3.05) is 4.90 Å². The molecule has 0 N–H and O–H groups in total. The summed E-state index contributed by atoms with van der Waals surface area (Å²) in [4.78, 5) is 2.38. The Morgan fingerprint density at radius 3 is 1.72 bits per heavy atom. The molecule has 3 heterocycles. The summed E-state index contributed by atoms with van der Waals surface area (Å²) in [5.41, 5.74) is 11.3. The van der Waals surface area contributed by atoms with Crippen molar-refractivity contribution < 1.29 is 8.83 Å². The number of hydrogen-bond acceptors (Lipinski definition) is 4. The molecule has 3 nitrogen and oxygen atoms in total. The third-order valence-corrected chi connectivity index (χ3v) is 13.4. The lowest BCUT2D eigenvalue weighted by Gasteiger charge is -2.27. The molecule has 10 aromatic carbocycles. The van der Waals surface area contributed by atoms with Gasteiger partial charge in [0.25, 0.3) is 0 Å². The van der Waals surface area contributed by atoms with Crippen molar-refractivity contribution >= 4 is 114 Å². The first-order chi connectivity index (χ1) is 29.7. The van der Waals surface area contributed by atoms with Crippen molar-refractivity contribution in [3.63, 3.8) is 0 Å². The standard InChI is InChI=1S/C56H33NO2S/c1-3-14-42-35(10-1)24-30-46-53-41(17-8-19-49(53)58-55(42)46)38-12-7-13-40(32-38)57(48-18-9-20-50-54(48)47-31-25-36-11-2-4-15-43(36)56(47)59-50)39-27-22-34(23-28-39)37-26-29-45-44-16-5-6-21-51(44)60-52(45)33-37/h1-33H. The zero-order valence-electron chi connectivity index (χ0n) is 32.2. The quantitative estimate of drug-likeness (QED) is 0.174. The lowest BCUT2D eigenvalue weighted by atomic mass is 9.97. The van der Waals surface area contributed by atoms with Crippen molar-refractivity contribution in [1.29, 1.82) is 0 Å². The van der Waals surface area contributed by atoms with E-state index in [9.17, 15) is 0 Å². The molecule has 13 rings (SSSR count). The zero-order valence-corrected chi connectivity index (χ0v) is 33.0. The number of rotatable bonds is 5. The van der Waals surface area contributed by atoms with E-state index >= 15 is 0 Å². The van der Waals surface area contributed by atoms with Crippen molar-refractivity contribution in [3.8, 4) is 22.3 Å². The van der Waals surface area contributed by atoms with E-state index in [0.717, 1.165) is 88.2 Å². The van der Waals surface area contributed by atoms with E-state index in [2.05, 4.69) is 205 Å². The molecule has 60 heavy (non-hydrogen) atoms. The second-order valence-electron chi connectivity index (χ2n) is 15.6. The van der Waals surface area contributed by atoms with Crippen LogP contribution in [0.3, 0.4) is 0 Å². The van der Waals surface area contributed by atoms with E-state index in [0.29, 0.717) is 0 Å². The smallest absolute Gasteiger partial charge is 0.143 e.